The van der Waals surface area contributed by atoms with Crippen LogP contribution in [0.25, 0.3) is 22.6 Å². The molecule has 0 aliphatic rings. The van der Waals surface area contributed by atoms with Gasteiger partial charge in [-0.25, -0.2) is 13.2 Å². The van der Waals surface area contributed by atoms with E-state index in [-0.39, 0.29) is 73.2 Å². The molecule has 0 amide bonds. The number of benzene rings is 2. The smallest absolute Gasteiger partial charge is 0.577 e. The number of methoxy groups -OCH3 is 1. The number of nitrogens with zero attached hydrogens (tertiary/aromatic N) is 2. The minimum Gasteiger partial charge on any atom is -0.577 e. The van der Waals surface area contributed by atoms with Crippen LogP contribution >= 0.6 is 0 Å². The van der Waals surface area contributed by atoms with Crippen LogP contribution in [0.15, 0.2) is 58.3 Å². The summed E-state index contributed by atoms with van der Waals surface area (Å²) in [4.78, 5) is 26.1. The summed E-state index contributed by atoms with van der Waals surface area (Å²) < 4.78 is 33.4. The third kappa shape index (κ3) is 9.96. The van der Waals surface area contributed by atoms with Gasteiger partial charge in [0.2, 0.25) is 0 Å². The Labute approximate surface area is 258 Å². The minimum absolute atomic E-state index is 0. The maximum Gasteiger partial charge on any atom is 1.00 e. The zero-order valence-corrected chi connectivity index (χ0v) is 25.6. The third-order valence-electron chi connectivity index (χ3n) is 4.84. The number of rotatable bonds is 6. The number of aromatic amines is 1. The van der Waals surface area contributed by atoms with Crippen molar-refractivity contribution >= 4 is 27.9 Å². The first-order valence-corrected chi connectivity index (χ1v) is 12.0. The van der Waals surface area contributed by atoms with Crippen molar-refractivity contribution in [3.63, 3.8) is 0 Å². The largest absolute Gasteiger partial charge is 1.00 e. The van der Waals surface area contributed by atoms with Crippen molar-refractivity contribution in [2.24, 2.45) is 0 Å². The third-order valence-corrected chi connectivity index (χ3v) is 5.38. The molecule has 2 aromatic carbocycles. The van der Waals surface area contributed by atoms with Crippen LogP contribution in [0.5, 0.6) is 5.75 Å². The van der Waals surface area contributed by atoms with Crippen molar-refractivity contribution in [1.82, 2.24) is 9.55 Å². The SMILES string of the molecule is COc1c(/C=C/c2ccc([N-]S(C)(=O)=O)cc2)cc(-n2ccc(=O)[nH]c2=O)cc1C(C)(C)C.O.O.O.[K+]. The fraction of sp³-hybridized carbons (Fsp3) is 0.250. The summed E-state index contributed by atoms with van der Waals surface area (Å²) in [6.07, 6.45) is 6.19. The molecule has 3 aromatic rings. The summed E-state index contributed by atoms with van der Waals surface area (Å²) in [5.41, 5.74) is 2.11. The molecule has 13 heteroatoms. The van der Waals surface area contributed by atoms with Crippen LogP contribution in [0.2, 0.25) is 0 Å². The van der Waals surface area contributed by atoms with Crippen molar-refractivity contribution in [1.29, 1.82) is 0 Å². The topological polar surface area (TPSA) is 207 Å². The molecule has 0 saturated carbocycles. The van der Waals surface area contributed by atoms with E-state index in [1.807, 2.05) is 39.0 Å². The molecule has 0 aliphatic carbocycles. The summed E-state index contributed by atoms with van der Waals surface area (Å²) in [6, 6.07) is 11.7. The van der Waals surface area contributed by atoms with E-state index in [0.717, 1.165) is 22.9 Å². The van der Waals surface area contributed by atoms with Crippen LogP contribution in [-0.2, 0) is 15.4 Å². The monoisotopic (exact) mass is 561 g/mol. The first-order valence-electron chi connectivity index (χ1n) is 10.1. The number of hydrogen-bond donors (Lipinski definition) is 1. The molecule has 0 atom stereocenters. The van der Waals surface area contributed by atoms with Gasteiger partial charge in [0, 0.05) is 29.6 Å². The van der Waals surface area contributed by atoms with Crippen LogP contribution in [0.4, 0.5) is 5.69 Å². The van der Waals surface area contributed by atoms with Gasteiger partial charge >= 0.3 is 57.1 Å². The first kappa shape index (κ1) is 37.1. The van der Waals surface area contributed by atoms with Crippen LogP contribution in [0, 0.1) is 0 Å². The molecule has 3 rings (SSSR count). The molecule has 0 saturated heterocycles. The Bertz CT molecular complexity index is 1420. The summed E-state index contributed by atoms with van der Waals surface area (Å²) in [5, 5.41) is 0. The zero-order valence-electron chi connectivity index (χ0n) is 21.6. The average molecular weight is 562 g/mol. The molecule has 0 spiro atoms. The molecule has 0 bridgehead atoms. The number of hydrogen-bond acceptors (Lipinski definition) is 5. The van der Waals surface area contributed by atoms with E-state index >= 15 is 0 Å². The molecule has 1 heterocycles. The molecule has 0 unspecified atom stereocenters. The molecule has 7 N–H and O–H groups in total. The van der Waals surface area contributed by atoms with Crippen molar-refractivity contribution in [2.75, 3.05) is 13.4 Å². The van der Waals surface area contributed by atoms with Gasteiger partial charge in [0.1, 0.15) is 5.75 Å². The molecule has 1 aromatic heterocycles. The summed E-state index contributed by atoms with van der Waals surface area (Å²) in [5.74, 6) is 0.670. The van der Waals surface area contributed by atoms with Gasteiger partial charge < -0.3 is 25.9 Å². The van der Waals surface area contributed by atoms with Gasteiger partial charge in [-0.1, -0.05) is 57.2 Å². The Kier molecular flexibility index (Phi) is 14.8. The number of nitrogens with one attached hydrogen (secondary N) is 1. The molecule has 37 heavy (non-hydrogen) atoms. The van der Waals surface area contributed by atoms with Crippen molar-refractivity contribution in [3.05, 3.63) is 90.9 Å². The summed E-state index contributed by atoms with van der Waals surface area (Å²) >= 11 is 0. The van der Waals surface area contributed by atoms with Gasteiger partial charge in [-0.2, -0.15) is 0 Å². The Balaban J connectivity index is 0. The van der Waals surface area contributed by atoms with E-state index in [1.54, 1.807) is 37.4 Å². The van der Waals surface area contributed by atoms with Gasteiger partial charge in [0.15, 0.2) is 0 Å². The fourth-order valence-corrected chi connectivity index (χ4v) is 3.83. The van der Waals surface area contributed by atoms with E-state index < -0.39 is 21.3 Å². The molecule has 11 nitrogen and oxygen atoms in total. The van der Waals surface area contributed by atoms with Gasteiger partial charge in [-0.15, -0.1) is 5.69 Å². The van der Waals surface area contributed by atoms with E-state index in [9.17, 15) is 18.0 Å². The van der Waals surface area contributed by atoms with Crippen LogP contribution in [0.1, 0.15) is 37.5 Å². The molecular weight excluding hydrogens is 529 g/mol. The first-order chi connectivity index (χ1) is 15.4. The van der Waals surface area contributed by atoms with E-state index in [1.165, 1.54) is 16.8 Å². The average Bonchev–Trinajstić information content (AvgIpc) is 2.71. The maximum absolute atomic E-state index is 12.4. The van der Waals surface area contributed by atoms with Gasteiger partial charge in [0.25, 0.3) is 5.56 Å². The predicted molar refractivity (Wildman–Crippen MR) is 142 cm³/mol. The normalized spacial score (nSPS) is 10.8. The summed E-state index contributed by atoms with van der Waals surface area (Å²) in [7, 11) is -1.88. The number of aromatic nitrogens is 2. The maximum atomic E-state index is 12.4. The molecule has 0 fully saturated rings. The van der Waals surface area contributed by atoms with Crippen LogP contribution in [-0.4, -0.2) is 47.8 Å². The van der Waals surface area contributed by atoms with E-state index in [4.69, 9.17) is 4.74 Å². The van der Waals surface area contributed by atoms with Crippen LogP contribution < -0.4 is 67.4 Å². The number of ether oxygens (including phenoxy) is 1. The van der Waals surface area contributed by atoms with Crippen molar-refractivity contribution < 1.29 is 81.0 Å². The second kappa shape index (κ2) is 14.8. The van der Waals surface area contributed by atoms with E-state index in [0.29, 0.717) is 17.1 Å². The number of H-pyrrole nitrogens is 1. The van der Waals surface area contributed by atoms with Crippen molar-refractivity contribution in [2.45, 2.75) is 26.2 Å². The van der Waals surface area contributed by atoms with E-state index in [2.05, 4.69) is 9.71 Å². The van der Waals surface area contributed by atoms with Crippen LogP contribution in [0.3, 0.4) is 0 Å². The van der Waals surface area contributed by atoms with Gasteiger partial charge in [-0.05, 0) is 23.1 Å². The standard InChI is InChI=1S/C24H26N3O5S.K.3H2O/c1-24(2,3)20-15-19(27-13-12-21(28)25-23(27)29)14-17(22(20)32-4)9-6-16-7-10-18(11-8-16)26-33(5,30)31;;;;/h6-15H,1-5H3,(H,25,28,29);;3*1H2/q-1;+1;;;/b9-6+;;;;. The van der Waals surface area contributed by atoms with Crippen molar-refractivity contribution in [3.8, 4) is 11.4 Å². The fourth-order valence-electron chi connectivity index (χ4n) is 3.33. The quantitative estimate of drug-likeness (QED) is 0.281. The molecule has 0 radical (unpaired) electrons. The summed E-state index contributed by atoms with van der Waals surface area (Å²) in [6.45, 7) is 6.13. The molecule has 198 valence electrons. The predicted octanol–water partition coefficient (Wildman–Crippen LogP) is -1.50. The Morgan fingerprint density at radius 3 is 2.05 bits per heavy atom. The number of sulfonamides is 1. The Morgan fingerprint density at radius 2 is 1.57 bits per heavy atom. The zero-order chi connectivity index (χ0) is 24.4. The molecular formula is C24H32KN3O8S. The Morgan fingerprint density at radius 1 is 0.973 bits per heavy atom. The second-order valence-corrected chi connectivity index (χ2v) is 10.2. The molecule has 0 aliphatic heterocycles. The minimum atomic E-state index is -3.47. The van der Waals surface area contributed by atoms with Gasteiger partial charge in [0.05, 0.1) is 22.8 Å². The second-order valence-electron chi connectivity index (χ2n) is 8.60. The Hall–Kier alpha value is -2.07. The van der Waals surface area contributed by atoms with Gasteiger partial charge in [-0.3, -0.25) is 14.3 Å².